The van der Waals surface area contributed by atoms with E-state index >= 15 is 0 Å². The summed E-state index contributed by atoms with van der Waals surface area (Å²) < 4.78 is 0. The van der Waals surface area contributed by atoms with Crippen LogP contribution in [-0.4, -0.2) is 53.9 Å². The van der Waals surface area contributed by atoms with Crippen LogP contribution in [0.1, 0.15) is 79.1 Å². The summed E-state index contributed by atoms with van der Waals surface area (Å²) in [4.78, 5) is 47.2. The van der Waals surface area contributed by atoms with Crippen LogP contribution in [0.25, 0.3) is 0 Å². The monoisotopic (exact) mass is 428 g/mol. The molecule has 2 rings (SSSR count). The minimum absolute atomic E-state index is 0.0123. The van der Waals surface area contributed by atoms with Crippen LogP contribution in [0.15, 0.2) is 0 Å². The van der Waals surface area contributed by atoms with Gasteiger partial charge in [-0.1, -0.05) is 0 Å². The van der Waals surface area contributed by atoms with Crippen LogP contribution in [0.5, 0.6) is 0 Å². The van der Waals surface area contributed by atoms with E-state index in [2.05, 4.69) is 0 Å². The lowest BCUT2D eigenvalue weighted by Crippen LogP contribution is -2.57. The lowest BCUT2D eigenvalue weighted by molar-refractivity contribution is -0.596. The van der Waals surface area contributed by atoms with E-state index in [1.165, 1.54) is 27.7 Å². The van der Waals surface area contributed by atoms with Crippen molar-refractivity contribution in [1.29, 1.82) is 0 Å². The molecule has 10 heteroatoms. The van der Waals surface area contributed by atoms with Gasteiger partial charge < -0.3 is 10.2 Å². The van der Waals surface area contributed by atoms with Crippen molar-refractivity contribution in [2.24, 2.45) is 11.8 Å². The number of nitrogens with zero attached hydrogens (tertiary/aromatic N) is 2. The van der Waals surface area contributed by atoms with E-state index in [-0.39, 0.29) is 62.9 Å². The Hall–Kier alpha value is -1.94. The second kappa shape index (κ2) is 7.96. The van der Waals surface area contributed by atoms with Crippen molar-refractivity contribution in [1.82, 2.24) is 0 Å². The number of aliphatic hydroxyl groups is 2. The van der Waals surface area contributed by atoms with Crippen LogP contribution in [0.4, 0.5) is 0 Å². The van der Waals surface area contributed by atoms with Gasteiger partial charge in [-0.2, -0.15) is 0 Å². The average Bonchev–Trinajstić information content (AvgIpc) is 2.60. The highest BCUT2D eigenvalue weighted by molar-refractivity contribution is 5.80. The fraction of sp³-hybridized carbons (Fsp3) is 0.900. The van der Waals surface area contributed by atoms with Crippen LogP contribution in [0, 0.1) is 32.1 Å². The summed E-state index contributed by atoms with van der Waals surface area (Å²) in [6, 6.07) is 0. The van der Waals surface area contributed by atoms with Crippen LogP contribution >= 0.6 is 0 Å². The van der Waals surface area contributed by atoms with E-state index < -0.39 is 44.0 Å². The SMILES string of the molecule is CC(=O)[C@@H]1C[C@@](CC[C@]2([N+](=O)[O-])CC[C@@](C)(O)[C@H](C(C)=O)C2)([N+](=O)[O-])CC[C@@]1(C)O. The summed E-state index contributed by atoms with van der Waals surface area (Å²) in [5.41, 5.74) is -5.80. The predicted octanol–water partition coefficient (Wildman–Crippen LogP) is 2.08. The Balaban J connectivity index is 2.31. The number of hydrogen-bond acceptors (Lipinski definition) is 8. The fourth-order valence-corrected chi connectivity index (χ4v) is 5.32. The molecule has 0 aliphatic heterocycles. The second-order valence-electron chi connectivity index (χ2n) is 9.91. The minimum atomic E-state index is -1.55. The van der Waals surface area contributed by atoms with E-state index in [1.54, 1.807) is 0 Å². The van der Waals surface area contributed by atoms with Gasteiger partial charge in [-0.15, -0.1) is 0 Å². The molecule has 6 atom stereocenters. The van der Waals surface area contributed by atoms with Crippen LogP contribution in [0.2, 0.25) is 0 Å². The lowest BCUT2D eigenvalue weighted by atomic mass is 9.62. The standard InChI is InChI=1S/C20H32N2O8/c1-13(23)15-11-19(21(27)28,7-5-17(15,3)25)9-10-20(22(29)30)8-6-18(4,26)16(12-20)14(2)24/h15-16,25-26H,5-12H2,1-4H3/t15-,16-,17+,18+,19+,20+/m0/s1. The van der Waals surface area contributed by atoms with Crippen molar-refractivity contribution >= 4 is 11.6 Å². The number of carbonyl (C=O) groups excluding carboxylic acids is 2. The molecular weight excluding hydrogens is 396 g/mol. The maximum absolute atomic E-state index is 12.0. The molecular formula is C20H32N2O8. The summed E-state index contributed by atoms with van der Waals surface area (Å²) >= 11 is 0. The molecule has 0 aromatic rings. The molecule has 10 nitrogen and oxygen atoms in total. The van der Waals surface area contributed by atoms with Crippen molar-refractivity contribution < 1.29 is 29.6 Å². The first-order valence-corrected chi connectivity index (χ1v) is 10.3. The Morgan fingerprint density at radius 2 is 1.10 bits per heavy atom. The topological polar surface area (TPSA) is 161 Å². The van der Waals surface area contributed by atoms with E-state index in [9.17, 15) is 40.0 Å². The van der Waals surface area contributed by atoms with Crippen LogP contribution in [0.3, 0.4) is 0 Å². The quantitative estimate of drug-likeness (QED) is 0.460. The van der Waals surface area contributed by atoms with Crippen molar-refractivity contribution in [3.8, 4) is 0 Å². The zero-order valence-corrected chi connectivity index (χ0v) is 18.0. The molecule has 0 spiro atoms. The van der Waals surface area contributed by atoms with Crippen molar-refractivity contribution in [3.05, 3.63) is 20.2 Å². The molecule has 0 heterocycles. The summed E-state index contributed by atoms with van der Waals surface area (Å²) in [5, 5.41) is 45.1. The molecule has 170 valence electrons. The number of carbonyl (C=O) groups is 2. The molecule has 0 amide bonds. The Labute approximate surface area is 175 Å². The largest absolute Gasteiger partial charge is 0.389 e. The Bertz CT molecular complexity index is 687. The number of hydrogen-bond donors (Lipinski definition) is 2. The van der Waals surface area contributed by atoms with E-state index in [0.717, 1.165) is 0 Å². The fourth-order valence-electron chi connectivity index (χ4n) is 5.32. The third kappa shape index (κ3) is 4.39. The summed E-state index contributed by atoms with van der Waals surface area (Å²) in [7, 11) is 0. The molecule has 2 fully saturated rings. The van der Waals surface area contributed by atoms with Gasteiger partial charge in [0.15, 0.2) is 0 Å². The van der Waals surface area contributed by atoms with Crippen molar-refractivity contribution in [3.63, 3.8) is 0 Å². The summed E-state index contributed by atoms with van der Waals surface area (Å²) in [6.45, 7) is 5.55. The number of ketones is 2. The van der Waals surface area contributed by atoms with Gasteiger partial charge in [-0.05, 0) is 40.5 Å². The zero-order valence-electron chi connectivity index (χ0n) is 18.0. The summed E-state index contributed by atoms with van der Waals surface area (Å²) in [5.74, 6) is -2.53. The Kier molecular flexibility index (Phi) is 6.45. The van der Waals surface area contributed by atoms with Crippen molar-refractivity contribution in [2.45, 2.75) is 101 Å². The minimum Gasteiger partial charge on any atom is -0.389 e. The Morgan fingerprint density at radius 1 is 0.800 bits per heavy atom. The molecule has 0 unspecified atom stereocenters. The molecule has 2 saturated carbocycles. The molecule has 30 heavy (non-hydrogen) atoms. The van der Waals surface area contributed by atoms with Crippen molar-refractivity contribution in [2.75, 3.05) is 0 Å². The van der Waals surface area contributed by atoms with E-state index in [1.807, 2.05) is 0 Å². The van der Waals surface area contributed by atoms with Gasteiger partial charge in [0.25, 0.3) is 0 Å². The van der Waals surface area contributed by atoms with E-state index in [0.29, 0.717) is 0 Å². The first-order valence-electron chi connectivity index (χ1n) is 10.3. The predicted molar refractivity (Wildman–Crippen MR) is 106 cm³/mol. The number of nitro groups is 2. The van der Waals surface area contributed by atoms with Gasteiger partial charge >= 0.3 is 0 Å². The maximum Gasteiger partial charge on any atom is 0.223 e. The second-order valence-corrected chi connectivity index (χ2v) is 9.91. The molecule has 2 aliphatic rings. The average molecular weight is 428 g/mol. The van der Waals surface area contributed by atoms with Gasteiger partial charge in [0.1, 0.15) is 11.6 Å². The smallest absolute Gasteiger partial charge is 0.223 e. The van der Waals surface area contributed by atoms with Gasteiger partial charge in [0.2, 0.25) is 11.1 Å². The zero-order chi connectivity index (χ0) is 23.1. The molecule has 0 aromatic heterocycles. The van der Waals surface area contributed by atoms with Crippen LogP contribution in [-0.2, 0) is 9.59 Å². The highest BCUT2D eigenvalue weighted by atomic mass is 16.6. The first kappa shape index (κ1) is 24.3. The summed E-state index contributed by atoms with van der Waals surface area (Å²) in [6.07, 6.45) is -0.491. The number of Topliss-reactive ketones (excluding diaryl/α,β-unsaturated/α-hetero) is 2. The molecule has 2 N–H and O–H groups in total. The normalized spacial score (nSPS) is 41.8. The molecule has 0 saturated heterocycles. The van der Waals surface area contributed by atoms with Gasteiger partial charge in [-0.3, -0.25) is 29.8 Å². The maximum atomic E-state index is 12.0. The number of rotatable bonds is 7. The highest BCUT2D eigenvalue weighted by Crippen LogP contribution is 2.48. The Morgan fingerprint density at radius 3 is 1.33 bits per heavy atom. The first-order chi connectivity index (χ1) is 13.6. The molecule has 2 aliphatic carbocycles. The lowest BCUT2D eigenvalue weighted by Gasteiger charge is -2.44. The third-order valence-corrected chi connectivity index (χ3v) is 7.67. The molecule has 0 radical (unpaired) electrons. The molecule has 0 bridgehead atoms. The molecule has 0 aromatic carbocycles. The van der Waals surface area contributed by atoms with Gasteiger partial charge in [0.05, 0.1) is 23.0 Å². The van der Waals surface area contributed by atoms with Gasteiger partial charge in [0, 0.05) is 48.4 Å². The van der Waals surface area contributed by atoms with Gasteiger partial charge in [-0.25, -0.2) is 0 Å². The van der Waals surface area contributed by atoms with E-state index in [4.69, 9.17) is 0 Å². The van der Waals surface area contributed by atoms with Crippen LogP contribution < -0.4 is 0 Å². The highest BCUT2D eigenvalue weighted by Gasteiger charge is 2.59. The third-order valence-electron chi connectivity index (χ3n) is 7.67.